The van der Waals surface area contributed by atoms with Gasteiger partial charge in [0.05, 0.1) is 24.1 Å². The molecule has 0 aliphatic carbocycles. The van der Waals surface area contributed by atoms with Gasteiger partial charge in [-0.2, -0.15) is 5.10 Å². The number of hydrogen-bond acceptors (Lipinski definition) is 6. The number of aromatic nitrogens is 4. The minimum absolute atomic E-state index is 0.0885. The number of hydrogen-bond donors (Lipinski definition) is 0. The van der Waals surface area contributed by atoms with E-state index < -0.39 is 17.8 Å². The average Bonchev–Trinajstić information content (AvgIpc) is 3.05. The number of fused-ring (bicyclic) bond motifs is 2. The highest BCUT2D eigenvalue weighted by atomic mass is 35.5. The fourth-order valence-corrected chi connectivity index (χ4v) is 4.28. The second-order valence-corrected chi connectivity index (χ2v) is 7.92. The van der Waals surface area contributed by atoms with Gasteiger partial charge in [-0.3, -0.25) is 19.6 Å². The van der Waals surface area contributed by atoms with Gasteiger partial charge in [-0.1, -0.05) is 11.6 Å². The molecule has 0 unspecified atom stereocenters. The molecule has 9 nitrogen and oxygen atoms in total. The molecule has 5 rings (SSSR count). The zero-order chi connectivity index (χ0) is 22.4. The third-order valence-electron chi connectivity index (χ3n) is 5.65. The lowest BCUT2D eigenvalue weighted by Crippen LogP contribution is -2.54. The molecule has 0 spiro atoms. The minimum Gasteiger partial charge on any atom is -0.489 e. The van der Waals surface area contributed by atoms with Crippen molar-refractivity contribution in [3.05, 3.63) is 64.7 Å². The predicted molar refractivity (Wildman–Crippen MR) is 112 cm³/mol. The summed E-state index contributed by atoms with van der Waals surface area (Å²) in [5.41, 5.74) is 1.93. The number of carbonyl (C=O) groups is 2. The van der Waals surface area contributed by atoms with Crippen LogP contribution in [0.5, 0.6) is 5.75 Å². The second kappa shape index (κ2) is 7.86. The van der Waals surface area contributed by atoms with E-state index in [0.29, 0.717) is 28.5 Å². The van der Waals surface area contributed by atoms with Gasteiger partial charge >= 0.3 is 0 Å². The van der Waals surface area contributed by atoms with Crippen molar-refractivity contribution >= 4 is 29.1 Å². The van der Waals surface area contributed by atoms with E-state index in [9.17, 15) is 14.0 Å². The third kappa shape index (κ3) is 3.36. The van der Waals surface area contributed by atoms with E-state index in [1.165, 1.54) is 32.7 Å². The number of halogens is 2. The lowest BCUT2D eigenvalue weighted by atomic mass is 10.0. The van der Waals surface area contributed by atoms with Crippen molar-refractivity contribution in [3.63, 3.8) is 0 Å². The van der Waals surface area contributed by atoms with Gasteiger partial charge in [0.25, 0.3) is 11.8 Å². The molecule has 0 radical (unpaired) electrons. The quantitative estimate of drug-likeness (QED) is 0.598. The molecule has 0 saturated heterocycles. The summed E-state index contributed by atoms with van der Waals surface area (Å²) in [4.78, 5) is 37.5. The van der Waals surface area contributed by atoms with Crippen LogP contribution in [0, 0.1) is 5.82 Å². The number of amides is 2. The van der Waals surface area contributed by atoms with Gasteiger partial charge in [-0.05, 0) is 18.6 Å². The number of anilines is 1. The highest BCUT2D eigenvalue weighted by Crippen LogP contribution is 2.33. The maximum Gasteiger partial charge on any atom is 0.275 e. The maximum atomic E-state index is 13.6. The molecule has 2 aliphatic rings. The Bertz CT molecular complexity index is 1220. The van der Waals surface area contributed by atoms with E-state index in [-0.39, 0.29) is 37.0 Å². The first-order valence-corrected chi connectivity index (χ1v) is 10.3. The molecule has 11 heteroatoms. The average molecular weight is 457 g/mol. The fourth-order valence-electron chi connectivity index (χ4n) is 4.00. The van der Waals surface area contributed by atoms with Crippen LogP contribution in [0.25, 0.3) is 0 Å². The van der Waals surface area contributed by atoms with Crippen molar-refractivity contribution < 1.29 is 18.7 Å². The lowest BCUT2D eigenvalue weighted by Gasteiger charge is -2.33. The molecule has 0 N–H and O–H groups in total. The Labute approximate surface area is 187 Å². The number of rotatable bonds is 3. The molecular weight excluding hydrogens is 439 g/mol. The highest BCUT2D eigenvalue weighted by molar-refractivity contribution is 6.31. The van der Waals surface area contributed by atoms with Crippen LogP contribution in [0.3, 0.4) is 0 Å². The Morgan fingerprint density at radius 3 is 2.91 bits per heavy atom. The first-order chi connectivity index (χ1) is 15.4. The number of carbonyl (C=O) groups excluding carboxylic acids is 2. The molecule has 3 aromatic rings. The molecule has 2 aliphatic heterocycles. The van der Waals surface area contributed by atoms with E-state index in [2.05, 4.69) is 15.1 Å². The van der Waals surface area contributed by atoms with Gasteiger partial charge in [-0.25, -0.2) is 9.07 Å². The van der Waals surface area contributed by atoms with Crippen molar-refractivity contribution in [1.29, 1.82) is 0 Å². The summed E-state index contributed by atoms with van der Waals surface area (Å²) < 4.78 is 20.9. The Morgan fingerprint density at radius 1 is 1.28 bits per heavy atom. The summed E-state index contributed by atoms with van der Waals surface area (Å²) in [6.07, 6.45) is 5.17. The van der Waals surface area contributed by atoms with Gasteiger partial charge in [-0.15, -0.1) is 0 Å². The molecule has 164 valence electrons. The van der Waals surface area contributed by atoms with E-state index in [0.717, 1.165) is 0 Å². The molecule has 2 amide bonds. The summed E-state index contributed by atoms with van der Waals surface area (Å²) in [6.45, 7) is 0.456. The van der Waals surface area contributed by atoms with Gasteiger partial charge < -0.3 is 14.5 Å². The number of nitrogens with zero attached hydrogens (tertiary/aromatic N) is 6. The fraction of sp³-hybridized carbons (Fsp3) is 0.286. The molecule has 0 saturated carbocycles. The van der Waals surface area contributed by atoms with Crippen molar-refractivity contribution in [2.24, 2.45) is 0 Å². The van der Waals surface area contributed by atoms with Crippen molar-refractivity contribution in [2.75, 3.05) is 25.1 Å². The second-order valence-electron chi connectivity index (χ2n) is 7.56. The standard InChI is InChI=1S/C21H18ClFN6O3/c1-27-15-3-2-12(23)8-17(15)32-11-16(20(27)30)28-7-4-14-18(21(28)31)26-29(19(14)22)10-13-9-24-5-6-25-13/h2-3,5-6,8-9,16H,4,7,10-11H2,1H3/t16-/m0/s1. The molecule has 1 aromatic carbocycles. The van der Waals surface area contributed by atoms with Crippen LogP contribution in [-0.4, -0.2) is 62.7 Å². The van der Waals surface area contributed by atoms with E-state index in [1.807, 2.05) is 0 Å². The predicted octanol–water partition coefficient (Wildman–Crippen LogP) is 1.94. The normalized spacial score (nSPS) is 18.2. The Kier molecular flexibility index (Phi) is 5.01. The van der Waals surface area contributed by atoms with Crippen LogP contribution in [0.4, 0.5) is 10.1 Å². The smallest absolute Gasteiger partial charge is 0.275 e. The van der Waals surface area contributed by atoms with Crippen molar-refractivity contribution in [2.45, 2.75) is 19.0 Å². The van der Waals surface area contributed by atoms with Crippen molar-refractivity contribution in [1.82, 2.24) is 24.6 Å². The van der Waals surface area contributed by atoms with Gasteiger partial charge in [0, 0.05) is 37.6 Å². The highest BCUT2D eigenvalue weighted by Gasteiger charge is 2.40. The van der Waals surface area contributed by atoms with Gasteiger partial charge in [0.2, 0.25) is 0 Å². The summed E-state index contributed by atoms with van der Waals surface area (Å²) in [7, 11) is 1.58. The SMILES string of the molecule is CN1C(=O)[C@@H](N2CCc3c(nn(Cc4cnccn4)c3Cl)C2=O)COc2cc(F)ccc21. The van der Waals surface area contributed by atoms with E-state index in [4.69, 9.17) is 16.3 Å². The van der Waals surface area contributed by atoms with Crippen LogP contribution in [0.1, 0.15) is 21.7 Å². The van der Waals surface area contributed by atoms with Crippen LogP contribution in [-0.2, 0) is 17.8 Å². The first-order valence-electron chi connectivity index (χ1n) is 9.95. The molecule has 0 bridgehead atoms. The zero-order valence-electron chi connectivity index (χ0n) is 17.0. The maximum absolute atomic E-state index is 13.6. The number of benzene rings is 1. The Hall–Kier alpha value is -3.53. The molecule has 1 atom stereocenters. The minimum atomic E-state index is -0.875. The largest absolute Gasteiger partial charge is 0.489 e. The van der Waals surface area contributed by atoms with Crippen LogP contribution in [0.15, 0.2) is 36.8 Å². The van der Waals surface area contributed by atoms with Crippen LogP contribution < -0.4 is 9.64 Å². The van der Waals surface area contributed by atoms with Gasteiger partial charge in [0.1, 0.15) is 29.4 Å². The summed E-state index contributed by atoms with van der Waals surface area (Å²) in [5, 5.41) is 4.76. The topological polar surface area (TPSA) is 93.5 Å². The first kappa shape index (κ1) is 20.4. The van der Waals surface area contributed by atoms with Gasteiger partial charge in [0.15, 0.2) is 5.69 Å². The molecule has 2 aromatic heterocycles. The number of likely N-dealkylation sites (N-methyl/N-ethyl adjacent to an activating group) is 1. The third-order valence-corrected chi connectivity index (χ3v) is 6.07. The molecule has 4 heterocycles. The molecular formula is C21H18ClFN6O3. The summed E-state index contributed by atoms with van der Waals surface area (Å²) in [5.74, 6) is -0.939. The molecule has 0 fully saturated rings. The number of ether oxygens (including phenoxy) is 1. The van der Waals surface area contributed by atoms with E-state index >= 15 is 0 Å². The van der Waals surface area contributed by atoms with E-state index in [1.54, 1.807) is 25.6 Å². The van der Waals surface area contributed by atoms with Crippen LogP contribution in [0.2, 0.25) is 5.15 Å². The van der Waals surface area contributed by atoms with Crippen molar-refractivity contribution in [3.8, 4) is 5.75 Å². The Balaban J connectivity index is 1.42. The Morgan fingerprint density at radius 2 is 2.12 bits per heavy atom. The lowest BCUT2D eigenvalue weighted by molar-refractivity contribution is -0.123. The molecule has 32 heavy (non-hydrogen) atoms. The summed E-state index contributed by atoms with van der Waals surface area (Å²) >= 11 is 6.49. The monoisotopic (exact) mass is 456 g/mol. The summed E-state index contributed by atoms with van der Waals surface area (Å²) in [6, 6.07) is 3.09. The zero-order valence-corrected chi connectivity index (χ0v) is 17.8. The van der Waals surface area contributed by atoms with Crippen LogP contribution >= 0.6 is 11.6 Å².